The lowest BCUT2D eigenvalue weighted by Crippen LogP contribution is -2.54. The van der Waals surface area contributed by atoms with Crippen molar-refractivity contribution in [2.24, 2.45) is 45.5 Å². The van der Waals surface area contributed by atoms with Crippen molar-refractivity contribution >= 4 is 11.6 Å². The number of rotatable bonds is 3. The van der Waals surface area contributed by atoms with E-state index in [2.05, 4.69) is 36.3 Å². The number of aromatic nitrogens is 1. The van der Waals surface area contributed by atoms with Crippen LogP contribution in [0.25, 0.3) is 0 Å². The lowest BCUT2D eigenvalue weighted by Gasteiger charge is -2.61. The Bertz CT molecular complexity index is 886. The molecule has 4 fully saturated rings. The third-order valence-corrected chi connectivity index (χ3v) is 10.4. The van der Waals surface area contributed by atoms with Gasteiger partial charge in [0.05, 0.1) is 6.10 Å². The van der Waals surface area contributed by atoms with Crippen molar-refractivity contribution in [3.63, 3.8) is 0 Å². The van der Waals surface area contributed by atoms with Gasteiger partial charge < -0.3 is 5.11 Å². The molecule has 0 bridgehead atoms. The predicted octanol–water partition coefficient (Wildman–Crippen LogP) is 5.21. The zero-order chi connectivity index (χ0) is 22.5. The second-order valence-electron chi connectivity index (χ2n) is 11.7. The number of amides is 1. The molecule has 2 N–H and O–H groups in total. The van der Waals surface area contributed by atoms with Crippen LogP contribution in [0.4, 0.5) is 0 Å². The van der Waals surface area contributed by atoms with Gasteiger partial charge in [-0.15, -0.1) is 0 Å². The number of hydrogen-bond acceptors (Lipinski definition) is 4. The molecule has 1 heterocycles. The topological polar surface area (TPSA) is 74.6 Å². The molecule has 0 saturated heterocycles. The van der Waals surface area contributed by atoms with Crippen molar-refractivity contribution in [1.82, 2.24) is 10.4 Å². The summed E-state index contributed by atoms with van der Waals surface area (Å²) in [4.78, 5) is 16.4. The number of nitrogens with zero attached hydrogens (tertiary/aromatic N) is 2. The standard InChI is InChI=1S/C27H39N3O2/c1-17(29-30-25(32)18-10-14-28-15-11-18)22-6-7-23-21-5-4-19-16-20(31)8-12-26(19,2)24(21)9-13-27(22,23)3/h10-11,14-15,19-24,31H,4-9,12-13,16H2,1-3H3,(H,30,32)/t19-,20+,21-,22-,23+,24+,26+,27-/m1/s1. The van der Waals surface area contributed by atoms with Crippen LogP contribution >= 0.6 is 0 Å². The molecule has 5 rings (SSSR count). The summed E-state index contributed by atoms with van der Waals surface area (Å²) in [6.45, 7) is 7.17. The van der Waals surface area contributed by atoms with E-state index in [4.69, 9.17) is 0 Å². The minimum absolute atomic E-state index is 0.0736. The average molecular weight is 438 g/mol. The normalized spacial score (nSPS) is 43.7. The van der Waals surface area contributed by atoms with Gasteiger partial charge in [0.25, 0.3) is 5.91 Å². The molecule has 174 valence electrons. The zero-order valence-electron chi connectivity index (χ0n) is 19.9. The number of aliphatic hydroxyl groups is 1. The van der Waals surface area contributed by atoms with Crippen LogP contribution in [0.15, 0.2) is 29.6 Å². The number of fused-ring (bicyclic) bond motifs is 5. The van der Waals surface area contributed by atoms with Gasteiger partial charge >= 0.3 is 0 Å². The molecular formula is C27H39N3O2. The van der Waals surface area contributed by atoms with Crippen molar-refractivity contribution in [2.75, 3.05) is 0 Å². The van der Waals surface area contributed by atoms with Gasteiger partial charge in [-0.05, 0) is 111 Å². The minimum atomic E-state index is -0.166. The quantitative estimate of drug-likeness (QED) is 0.504. The Morgan fingerprint density at radius 1 is 1.03 bits per heavy atom. The summed E-state index contributed by atoms with van der Waals surface area (Å²) in [5, 5.41) is 14.8. The molecular weight excluding hydrogens is 398 g/mol. The van der Waals surface area contributed by atoms with Crippen LogP contribution in [0.3, 0.4) is 0 Å². The number of hydrazone groups is 1. The maximum absolute atomic E-state index is 12.4. The van der Waals surface area contributed by atoms with Gasteiger partial charge in [-0.2, -0.15) is 5.10 Å². The number of hydrogen-bond donors (Lipinski definition) is 2. The van der Waals surface area contributed by atoms with Crippen LogP contribution in [0.2, 0.25) is 0 Å². The molecule has 0 radical (unpaired) electrons. The fourth-order valence-corrected chi connectivity index (χ4v) is 8.71. The molecule has 32 heavy (non-hydrogen) atoms. The molecule has 1 aromatic rings. The molecule has 1 aromatic heterocycles. The number of carbonyl (C=O) groups excluding carboxylic acids is 1. The van der Waals surface area contributed by atoms with Crippen LogP contribution < -0.4 is 5.43 Å². The van der Waals surface area contributed by atoms with E-state index < -0.39 is 0 Å². The van der Waals surface area contributed by atoms with Gasteiger partial charge in [-0.3, -0.25) is 9.78 Å². The second-order valence-corrected chi connectivity index (χ2v) is 11.7. The monoisotopic (exact) mass is 437 g/mol. The smallest absolute Gasteiger partial charge is 0.271 e. The Kier molecular flexibility index (Phi) is 5.68. The number of carbonyl (C=O) groups is 1. The third-order valence-electron chi connectivity index (χ3n) is 10.4. The Labute approximate surface area is 192 Å². The highest BCUT2D eigenvalue weighted by atomic mass is 16.3. The van der Waals surface area contributed by atoms with E-state index in [9.17, 15) is 9.90 Å². The van der Waals surface area contributed by atoms with Crippen LogP contribution in [0, 0.1) is 40.4 Å². The van der Waals surface area contributed by atoms with Crippen LogP contribution in [-0.4, -0.2) is 27.8 Å². The van der Waals surface area contributed by atoms with E-state index in [1.807, 2.05) is 0 Å². The fourth-order valence-electron chi connectivity index (χ4n) is 8.71. The van der Waals surface area contributed by atoms with Crippen molar-refractivity contribution in [1.29, 1.82) is 0 Å². The zero-order valence-corrected chi connectivity index (χ0v) is 19.9. The second kappa shape index (κ2) is 8.23. The molecule has 4 saturated carbocycles. The van der Waals surface area contributed by atoms with E-state index in [0.29, 0.717) is 22.8 Å². The van der Waals surface area contributed by atoms with Gasteiger partial charge in [-0.25, -0.2) is 5.43 Å². The van der Waals surface area contributed by atoms with Crippen molar-refractivity contribution in [2.45, 2.75) is 84.7 Å². The van der Waals surface area contributed by atoms with Crippen molar-refractivity contribution in [3.8, 4) is 0 Å². The molecule has 0 aromatic carbocycles. The first kappa shape index (κ1) is 22.1. The molecule has 1 amide bonds. The Balaban J connectivity index is 1.31. The molecule has 4 aliphatic carbocycles. The van der Waals surface area contributed by atoms with E-state index in [1.165, 1.54) is 44.9 Å². The van der Waals surface area contributed by atoms with Crippen molar-refractivity contribution in [3.05, 3.63) is 30.1 Å². The summed E-state index contributed by atoms with van der Waals surface area (Å²) in [7, 11) is 0. The highest BCUT2D eigenvalue weighted by Crippen LogP contribution is 2.67. The van der Waals surface area contributed by atoms with E-state index in [-0.39, 0.29) is 17.4 Å². The maximum Gasteiger partial charge on any atom is 0.271 e. The van der Waals surface area contributed by atoms with Gasteiger partial charge in [0, 0.05) is 29.6 Å². The van der Waals surface area contributed by atoms with Crippen molar-refractivity contribution < 1.29 is 9.90 Å². The predicted molar refractivity (Wildman–Crippen MR) is 126 cm³/mol. The van der Waals surface area contributed by atoms with E-state index >= 15 is 0 Å². The molecule has 0 unspecified atom stereocenters. The Hall–Kier alpha value is -1.75. The SMILES string of the molecule is CC(=NNC(=O)c1ccncc1)[C@H]1CC[C@H]2[C@H]3CC[C@@H]4C[C@@H](O)CC[C@]4(C)[C@H]3CC[C@]12C. The molecule has 8 atom stereocenters. The van der Waals surface area contributed by atoms with Gasteiger partial charge in [0.2, 0.25) is 0 Å². The minimum Gasteiger partial charge on any atom is -0.393 e. The van der Waals surface area contributed by atoms with E-state index in [0.717, 1.165) is 36.3 Å². The molecule has 5 heteroatoms. The summed E-state index contributed by atoms with van der Waals surface area (Å²) >= 11 is 0. The molecule has 0 aliphatic heterocycles. The van der Waals surface area contributed by atoms with Gasteiger partial charge in [-0.1, -0.05) is 13.8 Å². The summed E-state index contributed by atoms with van der Waals surface area (Å²) in [6, 6.07) is 3.44. The summed E-state index contributed by atoms with van der Waals surface area (Å²) < 4.78 is 0. The highest BCUT2D eigenvalue weighted by Gasteiger charge is 2.60. The van der Waals surface area contributed by atoms with Crippen LogP contribution in [0.5, 0.6) is 0 Å². The summed E-state index contributed by atoms with van der Waals surface area (Å²) in [5.41, 5.74) is 5.17. The largest absolute Gasteiger partial charge is 0.393 e. The van der Waals surface area contributed by atoms with Gasteiger partial charge in [0.15, 0.2) is 0 Å². The first-order valence-corrected chi connectivity index (χ1v) is 12.8. The lowest BCUT2D eigenvalue weighted by molar-refractivity contribution is -0.123. The maximum atomic E-state index is 12.4. The fraction of sp³-hybridized carbons (Fsp3) is 0.741. The Morgan fingerprint density at radius 3 is 2.53 bits per heavy atom. The summed E-state index contributed by atoms with van der Waals surface area (Å²) in [5.74, 6) is 3.38. The molecule has 0 spiro atoms. The van der Waals surface area contributed by atoms with E-state index in [1.54, 1.807) is 24.5 Å². The molecule has 4 aliphatic rings. The Morgan fingerprint density at radius 2 is 1.75 bits per heavy atom. The number of pyridine rings is 1. The third kappa shape index (κ3) is 3.52. The van der Waals surface area contributed by atoms with Crippen LogP contribution in [0.1, 0.15) is 88.9 Å². The average Bonchev–Trinajstić information content (AvgIpc) is 3.15. The van der Waals surface area contributed by atoms with Gasteiger partial charge in [0.1, 0.15) is 0 Å². The first-order chi connectivity index (χ1) is 15.3. The highest BCUT2D eigenvalue weighted by molar-refractivity contribution is 5.95. The number of aliphatic hydroxyl groups excluding tert-OH is 1. The molecule has 5 nitrogen and oxygen atoms in total. The summed E-state index contributed by atoms with van der Waals surface area (Å²) in [6.07, 6.45) is 14.1. The number of nitrogens with one attached hydrogen (secondary N) is 1. The lowest BCUT2D eigenvalue weighted by atomic mass is 9.44. The van der Waals surface area contributed by atoms with Crippen LogP contribution in [-0.2, 0) is 0 Å². The first-order valence-electron chi connectivity index (χ1n) is 12.8.